The molecule has 1 N–H and O–H groups in total. The summed E-state index contributed by atoms with van der Waals surface area (Å²) < 4.78 is 32.7. The van der Waals surface area contributed by atoms with Crippen LogP contribution in [-0.2, 0) is 27.8 Å². The Labute approximate surface area is 163 Å². The zero-order valence-electron chi connectivity index (χ0n) is 15.6. The quantitative estimate of drug-likeness (QED) is 0.792. The molecule has 0 aliphatic carbocycles. The summed E-state index contributed by atoms with van der Waals surface area (Å²) in [6, 6.07) is 6.17. The number of thiazole rings is 1. The van der Waals surface area contributed by atoms with Gasteiger partial charge in [0.05, 0.1) is 24.2 Å². The fourth-order valence-corrected chi connectivity index (χ4v) is 5.12. The first-order chi connectivity index (χ1) is 12.8. The highest BCUT2D eigenvalue weighted by molar-refractivity contribution is 7.93. The van der Waals surface area contributed by atoms with Gasteiger partial charge in [0.25, 0.3) is 10.0 Å². The van der Waals surface area contributed by atoms with Crippen LogP contribution >= 0.6 is 11.3 Å². The van der Waals surface area contributed by atoms with Gasteiger partial charge in [-0.05, 0) is 30.2 Å². The Kier molecular flexibility index (Phi) is 5.71. The number of rotatable bonds is 6. The predicted molar refractivity (Wildman–Crippen MR) is 104 cm³/mol. The van der Waals surface area contributed by atoms with Crippen molar-refractivity contribution in [3.05, 3.63) is 34.8 Å². The van der Waals surface area contributed by atoms with Crippen molar-refractivity contribution < 1.29 is 17.9 Å². The monoisotopic (exact) mass is 409 g/mol. The van der Waals surface area contributed by atoms with Crippen LogP contribution in [0.15, 0.2) is 29.2 Å². The molecule has 9 heteroatoms. The van der Waals surface area contributed by atoms with Gasteiger partial charge in [0, 0.05) is 24.3 Å². The van der Waals surface area contributed by atoms with Crippen LogP contribution in [0, 0.1) is 5.92 Å². The van der Waals surface area contributed by atoms with Gasteiger partial charge in [0.2, 0.25) is 5.91 Å². The number of sulfonamides is 1. The molecular weight excluding hydrogens is 386 g/mol. The van der Waals surface area contributed by atoms with Crippen molar-refractivity contribution in [3.63, 3.8) is 0 Å². The van der Waals surface area contributed by atoms with E-state index in [1.54, 1.807) is 12.1 Å². The van der Waals surface area contributed by atoms with E-state index in [1.807, 2.05) is 18.7 Å². The fraction of sp³-hybridized carbons (Fsp3) is 0.444. The van der Waals surface area contributed by atoms with E-state index in [0.717, 1.165) is 10.6 Å². The summed E-state index contributed by atoms with van der Waals surface area (Å²) in [7, 11) is -2.20. The molecule has 0 bridgehead atoms. The molecule has 3 rings (SSSR count). The number of methoxy groups -OCH3 is 1. The number of ether oxygens (including phenoxy) is 1. The van der Waals surface area contributed by atoms with Crippen LogP contribution in [0.1, 0.15) is 30.8 Å². The molecule has 146 valence electrons. The third-order valence-electron chi connectivity index (χ3n) is 4.26. The standard InChI is InChI=1S/C18H23N3O4S2/c1-12(2)10-17(22)21-9-8-15-16(11-21)26-18(19-15)20-27(23,24)14-6-4-13(25-3)5-7-14/h4-7,12H,8-11H2,1-3H3,(H,19,20). The maximum absolute atomic E-state index is 12.6. The number of hydrogen-bond acceptors (Lipinski definition) is 6. The normalized spacial score (nSPS) is 14.1. The van der Waals surface area contributed by atoms with Crippen molar-refractivity contribution in [1.82, 2.24) is 9.88 Å². The highest BCUT2D eigenvalue weighted by Gasteiger charge is 2.26. The molecule has 1 aliphatic rings. The predicted octanol–water partition coefficient (Wildman–Crippen LogP) is 2.88. The Morgan fingerprint density at radius 2 is 2.04 bits per heavy atom. The van der Waals surface area contributed by atoms with E-state index in [1.165, 1.54) is 30.6 Å². The van der Waals surface area contributed by atoms with E-state index < -0.39 is 10.0 Å². The fourth-order valence-electron chi connectivity index (χ4n) is 2.86. The van der Waals surface area contributed by atoms with Gasteiger partial charge >= 0.3 is 0 Å². The first kappa shape index (κ1) is 19.6. The number of fused-ring (bicyclic) bond motifs is 1. The first-order valence-electron chi connectivity index (χ1n) is 8.71. The topological polar surface area (TPSA) is 88.6 Å². The number of nitrogens with zero attached hydrogens (tertiary/aromatic N) is 2. The van der Waals surface area contributed by atoms with Gasteiger partial charge in [-0.3, -0.25) is 9.52 Å². The lowest BCUT2D eigenvalue weighted by Crippen LogP contribution is -2.36. The van der Waals surface area contributed by atoms with Gasteiger partial charge in [-0.15, -0.1) is 0 Å². The van der Waals surface area contributed by atoms with Crippen LogP contribution in [0.3, 0.4) is 0 Å². The van der Waals surface area contributed by atoms with Crippen molar-refractivity contribution in [1.29, 1.82) is 0 Å². The lowest BCUT2D eigenvalue weighted by molar-refractivity contribution is -0.132. The number of carbonyl (C=O) groups is 1. The largest absolute Gasteiger partial charge is 0.497 e. The van der Waals surface area contributed by atoms with Gasteiger partial charge in [0.15, 0.2) is 5.13 Å². The maximum atomic E-state index is 12.6. The second kappa shape index (κ2) is 7.85. The van der Waals surface area contributed by atoms with Crippen LogP contribution in [0.5, 0.6) is 5.75 Å². The highest BCUT2D eigenvalue weighted by atomic mass is 32.2. The number of nitrogens with one attached hydrogen (secondary N) is 1. The van der Waals surface area contributed by atoms with Crippen LogP contribution in [-0.4, -0.2) is 37.9 Å². The second-order valence-electron chi connectivity index (χ2n) is 6.83. The summed E-state index contributed by atoms with van der Waals surface area (Å²) in [5.74, 6) is 1.03. The van der Waals surface area contributed by atoms with E-state index >= 15 is 0 Å². The number of anilines is 1. The van der Waals surface area contributed by atoms with Crippen molar-refractivity contribution in [2.24, 2.45) is 5.92 Å². The van der Waals surface area contributed by atoms with Crippen LogP contribution < -0.4 is 9.46 Å². The van der Waals surface area contributed by atoms with Gasteiger partial charge in [-0.25, -0.2) is 13.4 Å². The van der Waals surface area contributed by atoms with Crippen LogP contribution in [0.2, 0.25) is 0 Å². The van der Waals surface area contributed by atoms with Gasteiger partial charge in [-0.1, -0.05) is 25.2 Å². The molecule has 0 radical (unpaired) electrons. The van der Waals surface area contributed by atoms with Gasteiger partial charge < -0.3 is 9.64 Å². The Balaban J connectivity index is 1.73. The van der Waals surface area contributed by atoms with Gasteiger partial charge in [-0.2, -0.15) is 0 Å². The molecule has 0 unspecified atom stereocenters. The summed E-state index contributed by atoms with van der Waals surface area (Å²) in [5.41, 5.74) is 0.862. The number of aromatic nitrogens is 1. The molecule has 27 heavy (non-hydrogen) atoms. The number of carbonyl (C=O) groups excluding carboxylic acids is 1. The molecule has 2 heterocycles. The minimum Gasteiger partial charge on any atom is -0.497 e. The molecular formula is C18H23N3O4S2. The molecule has 0 saturated carbocycles. The zero-order chi connectivity index (χ0) is 19.6. The Morgan fingerprint density at radius 3 is 2.67 bits per heavy atom. The molecule has 1 aromatic heterocycles. The van der Waals surface area contributed by atoms with Crippen molar-refractivity contribution >= 4 is 32.4 Å². The Morgan fingerprint density at radius 1 is 1.33 bits per heavy atom. The second-order valence-corrected chi connectivity index (χ2v) is 9.60. The molecule has 1 aliphatic heterocycles. The molecule has 0 fully saturated rings. The Hall–Kier alpha value is -2.13. The molecule has 1 amide bonds. The molecule has 0 saturated heterocycles. The zero-order valence-corrected chi connectivity index (χ0v) is 17.2. The van der Waals surface area contributed by atoms with E-state index in [4.69, 9.17) is 4.74 Å². The average Bonchev–Trinajstić information content (AvgIpc) is 3.01. The molecule has 7 nitrogen and oxygen atoms in total. The number of benzene rings is 1. The van der Waals surface area contributed by atoms with Gasteiger partial charge in [0.1, 0.15) is 5.75 Å². The highest BCUT2D eigenvalue weighted by Crippen LogP contribution is 2.30. The van der Waals surface area contributed by atoms with Crippen LogP contribution in [0.25, 0.3) is 0 Å². The van der Waals surface area contributed by atoms with Crippen molar-refractivity contribution in [2.45, 2.75) is 38.1 Å². The van der Waals surface area contributed by atoms with E-state index in [-0.39, 0.29) is 10.8 Å². The van der Waals surface area contributed by atoms with Crippen LogP contribution in [0.4, 0.5) is 5.13 Å². The summed E-state index contributed by atoms with van der Waals surface area (Å²) in [4.78, 5) is 19.6. The SMILES string of the molecule is COc1ccc(S(=O)(=O)Nc2nc3c(s2)CN(C(=O)CC(C)C)CC3)cc1. The third-order valence-corrected chi connectivity index (χ3v) is 6.74. The minimum absolute atomic E-state index is 0.129. The summed E-state index contributed by atoms with van der Waals surface area (Å²) >= 11 is 1.28. The molecule has 0 atom stereocenters. The van der Waals surface area contributed by atoms with Crippen molar-refractivity contribution in [2.75, 3.05) is 18.4 Å². The van der Waals surface area contributed by atoms with E-state index in [0.29, 0.717) is 42.7 Å². The molecule has 0 spiro atoms. The summed E-state index contributed by atoms with van der Waals surface area (Å²) in [6.45, 7) is 5.15. The molecule has 2 aromatic rings. The Bertz CT molecular complexity index is 921. The third kappa shape index (κ3) is 4.59. The minimum atomic E-state index is -3.72. The summed E-state index contributed by atoms with van der Waals surface area (Å²) in [6.07, 6.45) is 1.16. The summed E-state index contributed by atoms with van der Waals surface area (Å²) in [5, 5.41) is 0.328. The van der Waals surface area contributed by atoms with Crippen molar-refractivity contribution in [3.8, 4) is 5.75 Å². The number of hydrogen-bond donors (Lipinski definition) is 1. The number of amides is 1. The lowest BCUT2D eigenvalue weighted by Gasteiger charge is -2.26. The smallest absolute Gasteiger partial charge is 0.263 e. The maximum Gasteiger partial charge on any atom is 0.263 e. The first-order valence-corrected chi connectivity index (χ1v) is 11.0. The van der Waals surface area contributed by atoms with E-state index in [9.17, 15) is 13.2 Å². The average molecular weight is 410 g/mol. The van der Waals surface area contributed by atoms with E-state index in [2.05, 4.69) is 9.71 Å². The lowest BCUT2D eigenvalue weighted by atomic mass is 10.1. The molecule has 1 aromatic carbocycles.